The minimum atomic E-state index is -4.16. The minimum absolute atomic E-state index is 0. The molecule has 2 amide bonds. The van der Waals surface area contributed by atoms with Gasteiger partial charge in [0.15, 0.2) is 6.23 Å². The molecular weight excluding hydrogens is 584 g/mol. The van der Waals surface area contributed by atoms with Crippen LogP contribution >= 0.6 is 0 Å². The van der Waals surface area contributed by atoms with Gasteiger partial charge < -0.3 is 26.4 Å². The lowest BCUT2D eigenvalue weighted by Gasteiger charge is -2.34. The molecule has 11 nitrogen and oxygen atoms in total. The van der Waals surface area contributed by atoms with Crippen LogP contribution in [0.15, 0.2) is 12.2 Å². The highest BCUT2D eigenvalue weighted by Gasteiger charge is 2.25. The first-order valence-corrected chi connectivity index (χ1v) is 17.9. The van der Waals surface area contributed by atoms with E-state index in [1.807, 2.05) is 14.1 Å². The smallest absolute Gasteiger partial charge is 0.356 e. The zero-order valence-corrected chi connectivity index (χ0v) is 29.7. The second-order valence-corrected chi connectivity index (χ2v) is 13.3. The maximum atomic E-state index is 12.1. The monoisotopic (exact) mass is 653 g/mol. The molecule has 0 saturated carbocycles. The summed E-state index contributed by atoms with van der Waals surface area (Å²) in [4.78, 5) is 23.6. The largest absolute Gasteiger partial charge is 0.397 e. The molecule has 1 unspecified atom stereocenters. The number of quaternary nitrogens is 1. The molecule has 0 aliphatic carbocycles. The first-order valence-electron chi connectivity index (χ1n) is 16.5. The molecule has 0 fully saturated rings. The van der Waals surface area contributed by atoms with Crippen molar-refractivity contribution in [2.24, 2.45) is 0 Å². The SMILES string of the molecule is C=C(C)C(=O)NCCC[N+](C)(C)C(O)CCCNC(=O)CCCCCCCCCCCCCCCCC.COS(=O)(=O)O.N. The van der Waals surface area contributed by atoms with Crippen LogP contribution in [0.3, 0.4) is 0 Å². The van der Waals surface area contributed by atoms with Crippen molar-refractivity contribution in [1.29, 1.82) is 0 Å². The van der Waals surface area contributed by atoms with Gasteiger partial charge in [0.25, 0.3) is 0 Å². The van der Waals surface area contributed by atoms with Crippen molar-refractivity contribution in [3.05, 3.63) is 12.2 Å². The summed E-state index contributed by atoms with van der Waals surface area (Å²) in [7, 11) is 0.709. The van der Waals surface area contributed by atoms with Crippen LogP contribution in [-0.2, 0) is 24.2 Å². The number of carbonyl (C=O) groups excluding carboxylic acids is 2. The van der Waals surface area contributed by atoms with Gasteiger partial charge in [-0.3, -0.25) is 18.3 Å². The molecule has 44 heavy (non-hydrogen) atoms. The van der Waals surface area contributed by atoms with Crippen LogP contribution in [0, 0.1) is 0 Å². The molecular formula is C32H69N4O7S+. The van der Waals surface area contributed by atoms with Gasteiger partial charge in [0.05, 0.1) is 27.7 Å². The van der Waals surface area contributed by atoms with Gasteiger partial charge in [-0.05, 0) is 19.8 Å². The molecule has 0 spiro atoms. The van der Waals surface area contributed by atoms with Crippen molar-refractivity contribution in [3.63, 3.8) is 0 Å². The molecule has 0 bridgehead atoms. The quantitative estimate of drug-likeness (QED) is 0.0228. The van der Waals surface area contributed by atoms with Gasteiger partial charge in [0.1, 0.15) is 0 Å². The van der Waals surface area contributed by atoms with Crippen LogP contribution in [-0.4, -0.2) is 81.4 Å². The molecule has 0 saturated heterocycles. The summed E-state index contributed by atoms with van der Waals surface area (Å²) >= 11 is 0. The number of hydrogen-bond acceptors (Lipinski definition) is 7. The van der Waals surface area contributed by atoms with Crippen molar-refractivity contribution < 1.29 is 36.3 Å². The second-order valence-electron chi connectivity index (χ2n) is 12.2. The molecule has 7 N–H and O–H groups in total. The lowest BCUT2D eigenvalue weighted by molar-refractivity contribution is -0.937. The first-order chi connectivity index (χ1) is 20.3. The summed E-state index contributed by atoms with van der Waals surface area (Å²) in [5.74, 6) is 0.0112. The molecule has 0 radical (unpaired) electrons. The minimum Gasteiger partial charge on any atom is -0.356 e. The van der Waals surface area contributed by atoms with E-state index < -0.39 is 16.6 Å². The number of unbranched alkanes of at least 4 members (excludes halogenated alkanes) is 14. The first kappa shape index (κ1) is 46.8. The lowest BCUT2D eigenvalue weighted by Crippen LogP contribution is -2.50. The summed E-state index contributed by atoms with van der Waals surface area (Å²) < 4.78 is 30.2. The third-order valence-corrected chi connectivity index (χ3v) is 7.99. The van der Waals surface area contributed by atoms with Crippen LogP contribution in [0.25, 0.3) is 0 Å². The zero-order chi connectivity index (χ0) is 33.0. The fourth-order valence-corrected chi connectivity index (χ4v) is 4.60. The number of aliphatic hydroxyl groups is 1. The van der Waals surface area contributed by atoms with E-state index in [0.717, 1.165) is 39.3 Å². The molecule has 0 rings (SSSR count). The number of aliphatic hydroxyl groups excluding tert-OH is 1. The van der Waals surface area contributed by atoms with E-state index in [2.05, 4.69) is 28.3 Å². The Bertz CT molecular complexity index is 823. The number of rotatable bonds is 27. The summed E-state index contributed by atoms with van der Waals surface area (Å²) in [5, 5.41) is 16.4. The maximum absolute atomic E-state index is 12.1. The molecule has 1 atom stereocenters. The molecule has 0 heterocycles. The summed E-state index contributed by atoms with van der Waals surface area (Å²) in [5.41, 5.74) is 0.510. The summed E-state index contributed by atoms with van der Waals surface area (Å²) in [6, 6.07) is 0. The van der Waals surface area contributed by atoms with E-state index in [0.29, 0.717) is 36.0 Å². The third-order valence-electron chi connectivity index (χ3n) is 7.57. The van der Waals surface area contributed by atoms with Gasteiger partial charge >= 0.3 is 10.4 Å². The number of carbonyl (C=O) groups is 2. The van der Waals surface area contributed by atoms with Gasteiger partial charge in [0, 0.05) is 37.9 Å². The van der Waals surface area contributed by atoms with Crippen molar-refractivity contribution in [2.45, 2.75) is 142 Å². The Kier molecular flexibility index (Phi) is 32.0. The van der Waals surface area contributed by atoms with Crippen LogP contribution in [0.1, 0.15) is 136 Å². The number of nitrogens with one attached hydrogen (secondary N) is 2. The van der Waals surface area contributed by atoms with Gasteiger partial charge in [0.2, 0.25) is 11.8 Å². The third kappa shape index (κ3) is 33.3. The Balaban J connectivity index is -0.00000216. The fraction of sp³-hybridized carbons (Fsp3) is 0.875. The van der Waals surface area contributed by atoms with E-state index in [-0.39, 0.29) is 18.0 Å². The van der Waals surface area contributed by atoms with Gasteiger partial charge in [-0.2, -0.15) is 8.42 Å². The highest BCUT2D eigenvalue weighted by atomic mass is 32.3. The van der Waals surface area contributed by atoms with Crippen molar-refractivity contribution in [2.75, 3.05) is 40.8 Å². The number of hydrogen-bond donors (Lipinski definition) is 5. The summed E-state index contributed by atoms with van der Waals surface area (Å²) in [6.07, 6.45) is 22.3. The van der Waals surface area contributed by atoms with Crippen LogP contribution in [0.4, 0.5) is 0 Å². The van der Waals surface area contributed by atoms with Crippen LogP contribution in [0.5, 0.6) is 0 Å². The topological polar surface area (TPSA) is 177 Å². The Labute approximate surface area is 270 Å². The predicted octanol–water partition coefficient (Wildman–Crippen LogP) is 6.22. The van der Waals surface area contributed by atoms with Crippen molar-refractivity contribution in [1.82, 2.24) is 16.8 Å². The highest BCUT2D eigenvalue weighted by molar-refractivity contribution is 7.80. The number of nitrogens with zero attached hydrogens (tertiary/aromatic N) is 1. The average Bonchev–Trinajstić information content (AvgIpc) is 2.95. The molecule has 0 aromatic heterocycles. The molecule has 0 aromatic rings. The average molecular weight is 654 g/mol. The fourth-order valence-electron chi connectivity index (χ4n) is 4.60. The Hall–Kier alpha value is -1.57. The van der Waals surface area contributed by atoms with Crippen LogP contribution < -0.4 is 16.8 Å². The van der Waals surface area contributed by atoms with Gasteiger partial charge in [-0.1, -0.05) is 103 Å². The summed E-state index contributed by atoms with van der Waals surface area (Å²) in [6.45, 7) is 9.56. The molecule has 264 valence electrons. The standard InChI is InChI=1S/C31H61N3O3.CH4O4S.H3N/c1-6-7-8-9-10-11-12-13-14-15-16-17-18-19-20-23-29(35)32-25-21-24-30(36)34(4,5)27-22-26-33-31(37)28(2)3;1-5-6(2,3)4;/h30,36H,2,6-27H2,1,3-5H3,(H-,32,33,35,37);1H3,(H,2,3,4);1H3/p+1. The van der Waals surface area contributed by atoms with Gasteiger partial charge in [-0.15, -0.1) is 0 Å². The molecule has 0 aliphatic rings. The van der Waals surface area contributed by atoms with E-state index >= 15 is 0 Å². The Morgan fingerprint density at radius 3 is 1.61 bits per heavy atom. The highest BCUT2D eigenvalue weighted by Crippen LogP contribution is 2.14. The molecule has 0 aromatic carbocycles. The second kappa shape index (κ2) is 30.1. The number of amides is 2. The van der Waals surface area contributed by atoms with E-state index in [4.69, 9.17) is 4.55 Å². The Morgan fingerprint density at radius 1 is 0.795 bits per heavy atom. The normalized spacial score (nSPS) is 12.0. The van der Waals surface area contributed by atoms with Gasteiger partial charge in [-0.25, -0.2) is 0 Å². The maximum Gasteiger partial charge on any atom is 0.397 e. The molecule has 12 heteroatoms. The molecule has 0 aliphatic heterocycles. The van der Waals surface area contributed by atoms with Crippen molar-refractivity contribution in [3.8, 4) is 0 Å². The zero-order valence-electron chi connectivity index (χ0n) is 28.8. The van der Waals surface area contributed by atoms with E-state index in [1.165, 1.54) is 83.5 Å². The van der Waals surface area contributed by atoms with Crippen molar-refractivity contribution >= 4 is 22.2 Å². The van der Waals surface area contributed by atoms with E-state index in [1.54, 1.807) is 6.92 Å². The van der Waals surface area contributed by atoms with E-state index in [9.17, 15) is 23.1 Å². The lowest BCUT2D eigenvalue weighted by atomic mass is 10.0. The van der Waals surface area contributed by atoms with Crippen LogP contribution in [0.2, 0.25) is 0 Å². The predicted molar refractivity (Wildman–Crippen MR) is 181 cm³/mol. The Morgan fingerprint density at radius 2 is 1.20 bits per heavy atom.